The van der Waals surface area contributed by atoms with E-state index in [1.54, 1.807) is 0 Å². The first-order valence-electron chi connectivity index (χ1n) is 7.35. The van der Waals surface area contributed by atoms with Gasteiger partial charge in [-0.1, -0.05) is 19.4 Å². The van der Waals surface area contributed by atoms with Crippen molar-refractivity contribution in [2.24, 2.45) is 22.7 Å². The molecule has 2 nitrogen and oxygen atoms in total. The van der Waals surface area contributed by atoms with E-state index in [0.29, 0.717) is 23.0 Å². The summed E-state index contributed by atoms with van der Waals surface area (Å²) in [5.41, 5.74) is 0.135. The Kier molecular flexibility index (Phi) is 2.89. The molecule has 4 atom stereocenters. The molecular weight excluding hydrogens is 224 g/mol. The van der Waals surface area contributed by atoms with Crippen LogP contribution < -0.4 is 0 Å². The van der Waals surface area contributed by atoms with E-state index in [1.807, 2.05) is 6.08 Å². The van der Waals surface area contributed by atoms with E-state index >= 15 is 0 Å². The molecule has 3 fully saturated rings. The predicted molar refractivity (Wildman–Crippen MR) is 71.2 cm³/mol. The van der Waals surface area contributed by atoms with E-state index in [0.717, 1.165) is 32.5 Å². The van der Waals surface area contributed by atoms with Gasteiger partial charge in [0.15, 0.2) is 0 Å². The number of hydrogen-bond donors (Lipinski definition) is 0. The smallest absolute Gasteiger partial charge is 0.139 e. The van der Waals surface area contributed by atoms with Crippen LogP contribution in [0.2, 0.25) is 0 Å². The first kappa shape index (κ1) is 12.4. The predicted octanol–water partition coefficient (Wildman–Crippen LogP) is 3.36. The van der Waals surface area contributed by atoms with E-state index < -0.39 is 0 Å². The van der Waals surface area contributed by atoms with Gasteiger partial charge in [0.25, 0.3) is 0 Å². The van der Waals surface area contributed by atoms with Crippen molar-refractivity contribution in [1.29, 1.82) is 0 Å². The second-order valence-electron chi connectivity index (χ2n) is 6.76. The number of rotatable bonds is 2. The minimum atomic E-state index is -0.174. The van der Waals surface area contributed by atoms with Crippen molar-refractivity contribution >= 4 is 5.78 Å². The van der Waals surface area contributed by atoms with Crippen LogP contribution in [0, 0.1) is 22.7 Å². The Morgan fingerprint density at radius 2 is 2.33 bits per heavy atom. The maximum absolute atomic E-state index is 12.5. The van der Waals surface area contributed by atoms with Gasteiger partial charge in [0.05, 0.1) is 13.2 Å². The lowest BCUT2D eigenvalue weighted by Gasteiger charge is -2.55. The van der Waals surface area contributed by atoms with E-state index in [1.165, 1.54) is 19.3 Å². The summed E-state index contributed by atoms with van der Waals surface area (Å²) >= 11 is 0. The first-order valence-corrected chi connectivity index (χ1v) is 7.35. The highest BCUT2D eigenvalue weighted by atomic mass is 16.5. The molecule has 1 spiro atoms. The van der Waals surface area contributed by atoms with Gasteiger partial charge in [-0.25, -0.2) is 0 Å². The molecule has 0 bridgehead atoms. The van der Waals surface area contributed by atoms with Crippen molar-refractivity contribution in [3.05, 3.63) is 12.7 Å². The molecule has 3 rings (SSSR count). The number of hydrogen-bond acceptors (Lipinski definition) is 2. The van der Waals surface area contributed by atoms with Gasteiger partial charge in [-0.15, -0.1) is 6.58 Å². The highest BCUT2D eigenvalue weighted by Crippen LogP contribution is 2.62. The zero-order valence-electron chi connectivity index (χ0n) is 11.4. The molecule has 2 heteroatoms. The highest BCUT2D eigenvalue weighted by molar-refractivity contribution is 5.86. The Bertz CT molecular complexity index is 375. The van der Waals surface area contributed by atoms with Gasteiger partial charge in [0.1, 0.15) is 5.78 Å². The number of allylic oxidation sites excluding steroid dienone is 1. The second kappa shape index (κ2) is 4.19. The Balaban J connectivity index is 2.00. The molecule has 3 aliphatic rings. The lowest BCUT2D eigenvalue weighted by atomic mass is 9.47. The van der Waals surface area contributed by atoms with E-state index in [4.69, 9.17) is 4.74 Å². The summed E-state index contributed by atoms with van der Waals surface area (Å²) in [4.78, 5) is 12.5. The molecule has 0 aromatic heterocycles. The third kappa shape index (κ3) is 1.48. The van der Waals surface area contributed by atoms with Gasteiger partial charge < -0.3 is 4.74 Å². The van der Waals surface area contributed by atoms with Crippen molar-refractivity contribution in [2.45, 2.75) is 45.4 Å². The van der Waals surface area contributed by atoms with Crippen molar-refractivity contribution < 1.29 is 9.53 Å². The quantitative estimate of drug-likeness (QED) is 0.700. The topological polar surface area (TPSA) is 26.3 Å². The fourth-order valence-corrected chi connectivity index (χ4v) is 5.07. The Hall–Kier alpha value is -0.630. The molecule has 1 aliphatic heterocycles. The number of carbonyl (C=O) groups excluding carboxylic acids is 1. The summed E-state index contributed by atoms with van der Waals surface area (Å²) in [5, 5.41) is 0. The molecule has 0 amide bonds. The molecule has 0 aromatic rings. The Morgan fingerprint density at radius 3 is 3.11 bits per heavy atom. The van der Waals surface area contributed by atoms with Crippen molar-refractivity contribution in [1.82, 2.24) is 0 Å². The molecule has 0 unspecified atom stereocenters. The molecule has 0 aromatic carbocycles. The minimum Gasteiger partial charge on any atom is -0.381 e. The Labute approximate surface area is 110 Å². The van der Waals surface area contributed by atoms with Gasteiger partial charge in [-0.2, -0.15) is 0 Å². The second-order valence-corrected chi connectivity index (χ2v) is 6.76. The van der Waals surface area contributed by atoms with E-state index in [2.05, 4.69) is 13.5 Å². The normalized spacial score (nSPS) is 47.5. The number of ether oxygens (including phenoxy) is 1. The lowest BCUT2D eigenvalue weighted by Crippen LogP contribution is -2.55. The summed E-state index contributed by atoms with van der Waals surface area (Å²) in [7, 11) is 0. The first-order chi connectivity index (χ1) is 8.63. The van der Waals surface area contributed by atoms with Gasteiger partial charge in [-0.3, -0.25) is 4.79 Å². The fraction of sp³-hybridized carbons (Fsp3) is 0.812. The van der Waals surface area contributed by atoms with Crippen LogP contribution in [0.4, 0.5) is 0 Å². The third-order valence-electron chi connectivity index (χ3n) is 6.03. The zero-order chi connectivity index (χ0) is 12.8. The largest absolute Gasteiger partial charge is 0.381 e. The van der Waals surface area contributed by atoms with E-state index in [-0.39, 0.29) is 5.41 Å². The standard InChI is InChI=1S/C16H24O2/c1-3-8-15(2)13-6-4-5-12-10-18-11-16(12,13)9-7-14(15)17/h3,12-13H,1,4-11H2,2H3/t12-,13+,15+,16+/m0/s1. The van der Waals surface area contributed by atoms with Crippen LogP contribution in [0.3, 0.4) is 0 Å². The van der Waals surface area contributed by atoms with Crippen LogP contribution in [0.1, 0.15) is 45.4 Å². The van der Waals surface area contributed by atoms with Gasteiger partial charge in [0, 0.05) is 17.3 Å². The maximum atomic E-state index is 12.5. The Morgan fingerprint density at radius 1 is 1.50 bits per heavy atom. The number of carbonyl (C=O) groups is 1. The van der Waals surface area contributed by atoms with Crippen molar-refractivity contribution in [2.75, 3.05) is 13.2 Å². The monoisotopic (exact) mass is 248 g/mol. The molecule has 1 heterocycles. The molecule has 18 heavy (non-hydrogen) atoms. The summed E-state index contributed by atoms with van der Waals surface area (Å²) in [6.07, 6.45) is 8.36. The van der Waals surface area contributed by atoms with Crippen LogP contribution in [0.5, 0.6) is 0 Å². The molecule has 1 saturated heterocycles. The van der Waals surface area contributed by atoms with Gasteiger partial charge >= 0.3 is 0 Å². The minimum absolute atomic E-state index is 0.174. The average Bonchev–Trinajstić information content (AvgIpc) is 2.78. The fourth-order valence-electron chi connectivity index (χ4n) is 5.07. The summed E-state index contributed by atoms with van der Waals surface area (Å²) in [5.74, 6) is 1.68. The third-order valence-corrected chi connectivity index (χ3v) is 6.03. The number of Topliss-reactive ketones (excluding diaryl/α,β-unsaturated/α-hetero) is 1. The van der Waals surface area contributed by atoms with Crippen molar-refractivity contribution in [3.63, 3.8) is 0 Å². The molecule has 2 saturated carbocycles. The highest BCUT2D eigenvalue weighted by Gasteiger charge is 2.60. The summed E-state index contributed by atoms with van der Waals surface area (Å²) in [6, 6.07) is 0. The van der Waals surface area contributed by atoms with Crippen LogP contribution >= 0.6 is 0 Å². The average molecular weight is 248 g/mol. The number of ketones is 1. The van der Waals surface area contributed by atoms with Crippen LogP contribution in [-0.4, -0.2) is 19.0 Å². The van der Waals surface area contributed by atoms with Crippen molar-refractivity contribution in [3.8, 4) is 0 Å². The van der Waals surface area contributed by atoms with Crippen LogP contribution in [-0.2, 0) is 9.53 Å². The lowest BCUT2D eigenvalue weighted by molar-refractivity contribution is -0.148. The molecular formula is C16H24O2. The van der Waals surface area contributed by atoms with Gasteiger partial charge in [0.2, 0.25) is 0 Å². The summed E-state index contributed by atoms with van der Waals surface area (Å²) in [6.45, 7) is 7.87. The zero-order valence-corrected chi connectivity index (χ0v) is 11.4. The SMILES string of the molecule is C=CC[C@@]1(C)C(=O)CC[C@@]23COC[C@@H]2CCC[C@@H]31. The summed E-state index contributed by atoms with van der Waals surface area (Å²) < 4.78 is 5.82. The molecule has 0 radical (unpaired) electrons. The maximum Gasteiger partial charge on any atom is 0.139 e. The van der Waals surface area contributed by atoms with Gasteiger partial charge in [-0.05, 0) is 37.5 Å². The molecule has 0 N–H and O–H groups in total. The molecule has 2 aliphatic carbocycles. The van der Waals surface area contributed by atoms with Crippen LogP contribution in [0.15, 0.2) is 12.7 Å². The van der Waals surface area contributed by atoms with E-state index in [9.17, 15) is 4.79 Å². The van der Waals surface area contributed by atoms with Crippen LogP contribution in [0.25, 0.3) is 0 Å². The molecule has 100 valence electrons.